The van der Waals surface area contributed by atoms with Gasteiger partial charge in [0.15, 0.2) is 0 Å². The van der Waals surface area contributed by atoms with E-state index >= 15 is 0 Å². The maximum absolute atomic E-state index is 14.1. The fourth-order valence-corrected chi connectivity index (χ4v) is 7.44. The molecule has 0 radical (unpaired) electrons. The Morgan fingerprint density at radius 1 is 1.10 bits per heavy atom. The summed E-state index contributed by atoms with van der Waals surface area (Å²) in [7, 11) is -2.42. The summed E-state index contributed by atoms with van der Waals surface area (Å²) in [4.78, 5) is 28.7. The van der Waals surface area contributed by atoms with Gasteiger partial charge in [-0.15, -0.1) is 11.3 Å². The highest BCUT2D eigenvalue weighted by atomic mass is 32.2. The van der Waals surface area contributed by atoms with Crippen molar-refractivity contribution < 1.29 is 23.1 Å². The zero-order valence-corrected chi connectivity index (χ0v) is 26.4. The number of hydrogen-bond acceptors (Lipinski definition) is 8. The first-order valence-electron chi connectivity index (χ1n) is 14.3. The minimum Gasteiger partial charge on any atom is -0.374 e. The molecule has 2 amide bonds. The molecule has 0 bridgehead atoms. The molecule has 3 rings (SSSR count). The molecule has 2 aromatic carbocycles. The van der Waals surface area contributed by atoms with E-state index in [0.717, 1.165) is 10.3 Å². The first kappa shape index (κ1) is 33.6. The molecule has 0 spiro atoms. The predicted molar refractivity (Wildman–Crippen MR) is 166 cm³/mol. The summed E-state index contributed by atoms with van der Waals surface area (Å²) in [6.07, 6.45) is 1.54. The van der Waals surface area contributed by atoms with Gasteiger partial charge in [0.05, 0.1) is 27.2 Å². The van der Waals surface area contributed by atoms with Gasteiger partial charge < -0.3 is 21.1 Å². The molecule has 4 N–H and O–H groups in total. The number of amides is 2. The summed E-state index contributed by atoms with van der Waals surface area (Å²) >= 11 is 1.36. The normalized spacial score (nSPS) is 14.2. The second kappa shape index (κ2) is 15.5. The van der Waals surface area contributed by atoms with Crippen molar-refractivity contribution >= 4 is 43.4 Å². The summed E-state index contributed by atoms with van der Waals surface area (Å²) in [5.41, 5.74) is 1.36. The number of sulfonamides is 1. The molecular formula is C30H43N5O5S2. The van der Waals surface area contributed by atoms with Crippen LogP contribution in [0.4, 0.5) is 0 Å². The lowest BCUT2D eigenvalue weighted by atomic mass is 9.98. The van der Waals surface area contributed by atoms with Gasteiger partial charge in [-0.2, -0.15) is 4.31 Å². The molecule has 0 saturated carbocycles. The summed E-state index contributed by atoms with van der Waals surface area (Å²) in [5.74, 6) is -0.362. The van der Waals surface area contributed by atoms with E-state index < -0.39 is 15.7 Å². The van der Waals surface area contributed by atoms with Crippen LogP contribution < -0.4 is 16.0 Å². The van der Waals surface area contributed by atoms with Crippen LogP contribution in [0.1, 0.15) is 52.0 Å². The van der Waals surface area contributed by atoms with Gasteiger partial charge in [-0.3, -0.25) is 9.59 Å². The Morgan fingerprint density at radius 2 is 1.83 bits per heavy atom. The van der Waals surface area contributed by atoms with Crippen molar-refractivity contribution in [1.82, 2.24) is 25.2 Å². The van der Waals surface area contributed by atoms with Gasteiger partial charge >= 0.3 is 0 Å². The van der Waals surface area contributed by atoms with Gasteiger partial charge in [0.25, 0.3) is 0 Å². The van der Waals surface area contributed by atoms with Crippen LogP contribution in [0, 0.1) is 5.92 Å². The lowest BCUT2D eigenvalue weighted by molar-refractivity contribution is -0.122. The second-order valence-electron chi connectivity index (χ2n) is 11.0. The number of aliphatic hydroxyl groups is 1. The molecule has 230 valence electrons. The minimum absolute atomic E-state index is 0.00113. The number of fused-ring (bicyclic) bond motifs is 1. The molecule has 42 heavy (non-hydrogen) atoms. The fraction of sp³-hybridized carbons (Fsp3) is 0.500. The smallest absolute Gasteiger partial charge is 0.245 e. The van der Waals surface area contributed by atoms with E-state index in [1.54, 1.807) is 24.7 Å². The topological polar surface area (TPSA) is 141 Å². The monoisotopic (exact) mass is 617 g/mol. The van der Waals surface area contributed by atoms with E-state index in [1.165, 1.54) is 21.7 Å². The van der Waals surface area contributed by atoms with Crippen LogP contribution in [-0.2, 0) is 26.0 Å². The largest absolute Gasteiger partial charge is 0.374 e. The van der Waals surface area contributed by atoms with Gasteiger partial charge in [-0.05, 0) is 56.5 Å². The van der Waals surface area contributed by atoms with E-state index in [0.29, 0.717) is 18.4 Å². The Balaban J connectivity index is 1.76. The van der Waals surface area contributed by atoms with Crippen molar-refractivity contribution in [2.45, 2.75) is 69.5 Å². The number of benzene rings is 2. The second-order valence-corrected chi connectivity index (χ2v) is 13.8. The van der Waals surface area contributed by atoms with E-state index in [2.05, 4.69) is 20.9 Å². The quantitative estimate of drug-likeness (QED) is 0.171. The number of carbonyl (C=O) groups excluding carboxylic acids is 2. The Hall–Kier alpha value is -2.90. The third-order valence-corrected chi connectivity index (χ3v) is 9.56. The number of rotatable bonds is 17. The molecule has 2 atom stereocenters. The SMILES string of the molecule is CNCC(=O)NC(C)CCCC(=O)NCCC(O)(Cc1ccccc1)N(CC(C)C)S(=O)(=O)c1ccc2ncsc2c1. The number of likely N-dealkylation sites (N-methyl/N-ethyl adjacent to an activating group) is 1. The molecule has 3 aromatic rings. The van der Waals surface area contributed by atoms with Crippen LogP contribution in [0.3, 0.4) is 0 Å². The van der Waals surface area contributed by atoms with Crippen LogP contribution in [-0.4, -0.2) is 73.1 Å². The Bertz CT molecular complexity index is 1410. The van der Waals surface area contributed by atoms with Crippen molar-refractivity contribution in [3.8, 4) is 0 Å². The molecule has 1 aromatic heterocycles. The van der Waals surface area contributed by atoms with Crippen molar-refractivity contribution in [3.63, 3.8) is 0 Å². The van der Waals surface area contributed by atoms with Crippen molar-refractivity contribution in [2.75, 3.05) is 26.7 Å². The van der Waals surface area contributed by atoms with Crippen molar-refractivity contribution in [3.05, 3.63) is 59.6 Å². The molecule has 0 aliphatic carbocycles. The average Bonchev–Trinajstić information content (AvgIpc) is 3.40. The zero-order chi connectivity index (χ0) is 30.8. The Labute approximate surface area is 253 Å². The molecule has 10 nitrogen and oxygen atoms in total. The summed E-state index contributed by atoms with van der Waals surface area (Å²) in [6.45, 7) is 6.13. The van der Waals surface area contributed by atoms with Gasteiger partial charge in [0.1, 0.15) is 5.72 Å². The van der Waals surface area contributed by atoms with Crippen LogP contribution in [0.5, 0.6) is 0 Å². The number of carbonyl (C=O) groups is 2. The van der Waals surface area contributed by atoms with E-state index in [-0.39, 0.29) is 67.6 Å². The van der Waals surface area contributed by atoms with Crippen molar-refractivity contribution in [1.29, 1.82) is 0 Å². The van der Waals surface area contributed by atoms with Crippen LogP contribution in [0.25, 0.3) is 10.2 Å². The summed E-state index contributed by atoms with van der Waals surface area (Å²) in [5, 5.41) is 20.7. The Morgan fingerprint density at radius 3 is 2.52 bits per heavy atom. The molecule has 2 unspecified atom stereocenters. The first-order valence-corrected chi connectivity index (χ1v) is 16.6. The maximum Gasteiger partial charge on any atom is 0.245 e. The standard InChI is InChI=1S/C30H43N5O5S2/c1-22(2)20-35(42(39,40)25-13-14-26-27(17-25)41-21-33-26)30(38,18-24-10-6-5-7-11-24)15-16-32-28(36)12-8-9-23(3)34-29(37)19-31-4/h5-7,10-11,13-14,17,21-23,31,38H,8-9,12,15-16,18-20H2,1-4H3,(H,32,36)(H,34,37). The van der Waals surface area contributed by atoms with Gasteiger partial charge in [-0.1, -0.05) is 44.2 Å². The number of nitrogens with one attached hydrogen (secondary N) is 3. The van der Waals surface area contributed by atoms with E-state index in [1.807, 2.05) is 51.1 Å². The molecule has 0 aliphatic heterocycles. The highest BCUT2D eigenvalue weighted by molar-refractivity contribution is 7.89. The van der Waals surface area contributed by atoms with E-state index in [4.69, 9.17) is 0 Å². The summed E-state index contributed by atoms with van der Waals surface area (Å²) in [6, 6.07) is 14.0. The lowest BCUT2D eigenvalue weighted by Gasteiger charge is -2.40. The number of nitrogens with zero attached hydrogens (tertiary/aromatic N) is 2. The third kappa shape index (κ3) is 9.56. The van der Waals surface area contributed by atoms with Gasteiger partial charge in [0, 0.05) is 38.4 Å². The Kier molecular flexibility index (Phi) is 12.4. The zero-order valence-electron chi connectivity index (χ0n) is 24.8. The van der Waals surface area contributed by atoms with Gasteiger partial charge in [-0.25, -0.2) is 13.4 Å². The lowest BCUT2D eigenvalue weighted by Crippen LogP contribution is -2.55. The van der Waals surface area contributed by atoms with E-state index in [9.17, 15) is 23.1 Å². The molecule has 0 aliphatic rings. The maximum atomic E-state index is 14.1. The van der Waals surface area contributed by atoms with Gasteiger partial charge in [0.2, 0.25) is 21.8 Å². The highest BCUT2D eigenvalue weighted by Crippen LogP contribution is 2.32. The molecular weight excluding hydrogens is 574 g/mol. The van der Waals surface area contributed by atoms with Crippen LogP contribution in [0.2, 0.25) is 0 Å². The number of aromatic nitrogens is 1. The number of thiazole rings is 1. The molecule has 12 heteroatoms. The third-order valence-electron chi connectivity index (χ3n) is 6.85. The van der Waals surface area contributed by atoms with Crippen molar-refractivity contribution in [2.24, 2.45) is 5.92 Å². The molecule has 0 fully saturated rings. The molecule has 0 saturated heterocycles. The van der Waals surface area contributed by atoms with Crippen LogP contribution in [0.15, 0.2) is 58.9 Å². The number of hydrogen-bond donors (Lipinski definition) is 4. The summed E-state index contributed by atoms with van der Waals surface area (Å²) < 4.78 is 30.2. The highest BCUT2D eigenvalue weighted by Gasteiger charge is 2.43. The van der Waals surface area contributed by atoms with Crippen LogP contribution >= 0.6 is 11.3 Å². The average molecular weight is 618 g/mol. The first-order chi connectivity index (χ1) is 19.9. The fourth-order valence-electron chi connectivity index (χ4n) is 4.79. The minimum atomic E-state index is -4.12. The predicted octanol–water partition coefficient (Wildman–Crippen LogP) is 3.28. The molecule has 1 heterocycles.